The molecule has 0 bridgehead atoms. The topological polar surface area (TPSA) is 49.4 Å². The molecule has 2 atom stereocenters. The molecule has 21 heavy (non-hydrogen) atoms. The molecule has 1 saturated heterocycles. The molecule has 1 aliphatic rings. The van der Waals surface area contributed by atoms with Crippen LogP contribution in [0.2, 0.25) is 0 Å². The van der Waals surface area contributed by atoms with E-state index < -0.39 is 5.54 Å². The van der Waals surface area contributed by atoms with E-state index in [1.807, 2.05) is 43.5 Å². The van der Waals surface area contributed by atoms with Gasteiger partial charge in [0.2, 0.25) is 5.91 Å². The summed E-state index contributed by atoms with van der Waals surface area (Å²) in [4.78, 5) is 26.7. The normalized spacial score (nSPS) is 23.9. The van der Waals surface area contributed by atoms with E-state index in [9.17, 15) is 9.59 Å². The SMILES string of the molecule is CSCCC(C)N1CC(=O)NC(C)(c2ccccc2)C1=O. The molecule has 0 aliphatic carbocycles. The number of piperazine rings is 1. The number of hydrogen-bond donors (Lipinski definition) is 1. The number of rotatable bonds is 5. The lowest BCUT2D eigenvalue weighted by Crippen LogP contribution is -2.65. The van der Waals surface area contributed by atoms with Crippen molar-refractivity contribution in [1.82, 2.24) is 10.2 Å². The summed E-state index contributed by atoms with van der Waals surface area (Å²) in [7, 11) is 0. The van der Waals surface area contributed by atoms with Crippen molar-refractivity contribution >= 4 is 23.6 Å². The predicted octanol–water partition coefficient (Wildman–Crippen LogP) is 2.00. The van der Waals surface area contributed by atoms with Crippen molar-refractivity contribution < 1.29 is 9.59 Å². The van der Waals surface area contributed by atoms with Gasteiger partial charge in [0.05, 0.1) is 6.54 Å². The van der Waals surface area contributed by atoms with Crippen LogP contribution in [0, 0.1) is 0 Å². The predicted molar refractivity (Wildman–Crippen MR) is 86.1 cm³/mol. The van der Waals surface area contributed by atoms with Gasteiger partial charge in [0, 0.05) is 6.04 Å². The van der Waals surface area contributed by atoms with Crippen molar-refractivity contribution in [3.8, 4) is 0 Å². The van der Waals surface area contributed by atoms with Crippen LogP contribution in [0.4, 0.5) is 0 Å². The first kappa shape index (κ1) is 15.9. The van der Waals surface area contributed by atoms with Crippen molar-refractivity contribution in [3.05, 3.63) is 35.9 Å². The van der Waals surface area contributed by atoms with Crippen LogP contribution in [0.3, 0.4) is 0 Å². The van der Waals surface area contributed by atoms with Gasteiger partial charge in [-0.25, -0.2) is 0 Å². The first-order chi connectivity index (χ1) is 9.99. The molecule has 0 spiro atoms. The van der Waals surface area contributed by atoms with Gasteiger partial charge in [0.25, 0.3) is 5.91 Å². The van der Waals surface area contributed by atoms with E-state index in [1.165, 1.54) is 0 Å². The summed E-state index contributed by atoms with van der Waals surface area (Å²) in [5.74, 6) is 0.855. The lowest BCUT2D eigenvalue weighted by Gasteiger charge is -2.42. The quantitative estimate of drug-likeness (QED) is 0.905. The monoisotopic (exact) mass is 306 g/mol. The van der Waals surface area contributed by atoms with Crippen molar-refractivity contribution in [2.45, 2.75) is 31.8 Å². The molecule has 0 aromatic heterocycles. The number of thioether (sulfide) groups is 1. The van der Waals surface area contributed by atoms with Crippen LogP contribution >= 0.6 is 11.8 Å². The molecule has 1 heterocycles. The first-order valence-electron chi connectivity index (χ1n) is 7.15. The molecule has 5 heteroatoms. The molecule has 1 aromatic carbocycles. The van der Waals surface area contributed by atoms with E-state index >= 15 is 0 Å². The molecular formula is C16H22N2O2S. The minimum atomic E-state index is -0.968. The van der Waals surface area contributed by atoms with Crippen LogP contribution in [0.5, 0.6) is 0 Å². The fraction of sp³-hybridized carbons (Fsp3) is 0.500. The first-order valence-corrected chi connectivity index (χ1v) is 8.55. The summed E-state index contributed by atoms with van der Waals surface area (Å²) in [5, 5.41) is 2.86. The maximum atomic E-state index is 12.9. The number of benzene rings is 1. The van der Waals surface area contributed by atoms with Gasteiger partial charge in [0.1, 0.15) is 5.54 Å². The van der Waals surface area contributed by atoms with E-state index in [-0.39, 0.29) is 24.4 Å². The summed E-state index contributed by atoms with van der Waals surface area (Å²) >= 11 is 1.75. The number of hydrogen-bond acceptors (Lipinski definition) is 3. The van der Waals surface area contributed by atoms with Crippen LogP contribution in [0.25, 0.3) is 0 Å². The smallest absolute Gasteiger partial charge is 0.253 e. The number of amides is 2. The van der Waals surface area contributed by atoms with Crippen LogP contribution in [-0.4, -0.2) is 41.3 Å². The van der Waals surface area contributed by atoms with Gasteiger partial charge in [-0.15, -0.1) is 0 Å². The second-order valence-electron chi connectivity index (χ2n) is 5.60. The maximum absolute atomic E-state index is 12.9. The maximum Gasteiger partial charge on any atom is 0.253 e. The number of carbonyl (C=O) groups is 2. The Morgan fingerprint density at radius 2 is 2.00 bits per heavy atom. The molecule has 4 nitrogen and oxygen atoms in total. The Labute approximate surface area is 130 Å². The highest BCUT2D eigenvalue weighted by atomic mass is 32.2. The minimum absolute atomic E-state index is 0.0260. The molecule has 0 radical (unpaired) electrons. The summed E-state index contributed by atoms with van der Waals surface area (Å²) < 4.78 is 0. The summed E-state index contributed by atoms with van der Waals surface area (Å²) in [5.41, 5.74) is -0.144. The third-order valence-electron chi connectivity index (χ3n) is 4.01. The Morgan fingerprint density at radius 1 is 1.33 bits per heavy atom. The van der Waals surface area contributed by atoms with E-state index in [2.05, 4.69) is 5.32 Å². The zero-order valence-corrected chi connectivity index (χ0v) is 13.6. The largest absolute Gasteiger partial charge is 0.337 e. The highest BCUT2D eigenvalue weighted by molar-refractivity contribution is 7.98. The fourth-order valence-corrected chi connectivity index (χ4v) is 3.23. The number of nitrogens with zero attached hydrogens (tertiary/aromatic N) is 1. The summed E-state index contributed by atoms with van der Waals surface area (Å²) in [6.07, 6.45) is 2.94. The second kappa shape index (κ2) is 6.52. The van der Waals surface area contributed by atoms with E-state index in [0.717, 1.165) is 17.7 Å². The van der Waals surface area contributed by atoms with Gasteiger partial charge in [-0.1, -0.05) is 30.3 Å². The standard InChI is InChI=1S/C16H22N2O2S/c1-12(9-10-21-3)18-11-14(19)17-16(2,15(18)20)13-7-5-4-6-8-13/h4-8,12H,9-11H2,1-3H3,(H,17,19). The number of nitrogens with one attached hydrogen (secondary N) is 1. The third-order valence-corrected chi connectivity index (χ3v) is 4.66. The van der Waals surface area contributed by atoms with Crippen molar-refractivity contribution in [2.24, 2.45) is 0 Å². The van der Waals surface area contributed by atoms with E-state index in [1.54, 1.807) is 23.6 Å². The zero-order chi connectivity index (χ0) is 15.5. The molecule has 1 N–H and O–H groups in total. The molecule has 1 aromatic rings. The molecule has 2 amide bonds. The van der Waals surface area contributed by atoms with Gasteiger partial charge < -0.3 is 10.2 Å². The zero-order valence-electron chi connectivity index (χ0n) is 12.8. The number of carbonyl (C=O) groups excluding carboxylic acids is 2. The highest BCUT2D eigenvalue weighted by Gasteiger charge is 2.45. The second-order valence-corrected chi connectivity index (χ2v) is 6.59. The van der Waals surface area contributed by atoms with E-state index in [4.69, 9.17) is 0 Å². The van der Waals surface area contributed by atoms with Gasteiger partial charge in [-0.05, 0) is 37.8 Å². The molecule has 0 saturated carbocycles. The highest BCUT2D eigenvalue weighted by Crippen LogP contribution is 2.27. The Hall–Kier alpha value is -1.49. The van der Waals surface area contributed by atoms with Gasteiger partial charge >= 0.3 is 0 Å². The molecule has 1 aliphatic heterocycles. The summed E-state index contributed by atoms with van der Waals surface area (Å²) in [6.45, 7) is 3.95. The van der Waals surface area contributed by atoms with Gasteiger partial charge in [0.15, 0.2) is 0 Å². The van der Waals surface area contributed by atoms with Crippen LogP contribution in [-0.2, 0) is 15.1 Å². The Bertz CT molecular complexity index is 520. The summed E-state index contributed by atoms with van der Waals surface area (Å²) in [6, 6.07) is 9.51. The molecule has 1 fully saturated rings. The van der Waals surface area contributed by atoms with Crippen LogP contribution in [0.15, 0.2) is 30.3 Å². The molecule has 2 rings (SSSR count). The average Bonchev–Trinajstić information content (AvgIpc) is 2.49. The molecule has 2 unspecified atom stereocenters. The Kier molecular flexibility index (Phi) is 4.93. The molecule has 114 valence electrons. The Morgan fingerprint density at radius 3 is 2.62 bits per heavy atom. The van der Waals surface area contributed by atoms with Crippen molar-refractivity contribution in [2.75, 3.05) is 18.6 Å². The lowest BCUT2D eigenvalue weighted by molar-refractivity contribution is -0.151. The van der Waals surface area contributed by atoms with Crippen LogP contribution < -0.4 is 5.32 Å². The fourth-order valence-electron chi connectivity index (χ4n) is 2.65. The lowest BCUT2D eigenvalue weighted by atomic mass is 9.88. The van der Waals surface area contributed by atoms with Crippen LogP contribution in [0.1, 0.15) is 25.8 Å². The third kappa shape index (κ3) is 3.23. The van der Waals surface area contributed by atoms with Gasteiger partial charge in [-0.2, -0.15) is 11.8 Å². The van der Waals surface area contributed by atoms with Crippen molar-refractivity contribution in [3.63, 3.8) is 0 Å². The van der Waals surface area contributed by atoms with Crippen molar-refractivity contribution in [1.29, 1.82) is 0 Å². The van der Waals surface area contributed by atoms with E-state index in [0.29, 0.717) is 0 Å². The molecular weight excluding hydrogens is 284 g/mol. The average molecular weight is 306 g/mol. The minimum Gasteiger partial charge on any atom is -0.337 e. The Balaban J connectivity index is 2.27. The van der Waals surface area contributed by atoms with Gasteiger partial charge in [-0.3, -0.25) is 9.59 Å².